The van der Waals surface area contributed by atoms with Crippen LogP contribution in [-0.2, 0) is 9.53 Å². The number of benzene rings is 2. The SMILES string of the molecule is C=CCOc1ccc([C@H]2C(C(=O)OCC)=C(C)N=c3sc(=Cc4ccc(O)cc4)c(=O)n32)cc1. The summed E-state index contributed by atoms with van der Waals surface area (Å²) in [4.78, 5) is 31.5. The Morgan fingerprint density at radius 3 is 2.56 bits per heavy atom. The van der Waals surface area contributed by atoms with Crippen LogP contribution in [0.5, 0.6) is 11.5 Å². The van der Waals surface area contributed by atoms with Crippen LogP contribution >= 0.6 is 11.3 Å². The summed E-state index contributed by atoms with van der Waals surface area (Å²) < 4.78 is 12.9. The number of phenolic OH excluding ortho intramolecular Hbond substituents is 1. The Morgan fingerprint density at radius 1 is 1.21 bits per heavy atom. The maximum Gasteiger partial charge on any atom is 0.338 e. The van der Waals surface area contributed by atoms with Crippen LogP contribution in [0.2, 0.25) is 0 Å². The Kier molecular flexibility index (Phi) is 6.79. The number of hydrogen-bond acceptors (Lipinski definition) is 7. The standard InChI is InChI=1S/C26H24N2O5S/c1-4-14-33-20-12-8-18(9-13-20)23-22(25(31)32-5-2)16(3)27-26-28(23)24(30)21(34-26)15-17-6-10-19(29)11-7-17/h4,6-13,15,23,29H,1,5,14H2,2-3H3/t23-/m0/s1. The van der Waals surface area contributed by atoms with Crippen LogP contribution in [0, 0.1) is 0 Å². The summed E-state index contributed by atoms with van der Waals surface area (Å²) in [5, 5.41) is 9.54. The third-order valence-corrected chi connectivity index (χ3v) is 6.25. The van der Waals surface area contributed by atoms with E-state index in [4.69, 9.17) is 9.47 Å². The van der Waals surface area contributed by atoms with Gasteiger partial charge in [-0.2, -0.15) is 0 Å². The van der Waals surface area contributed by atoms with Crippen molar-refractivity contribution in [2.45, 2.75) is 19.9 Å². The van der Waals surface area contributed by atoms with Gasteiger partial charge in [-0.1, -0.05) is 48.3 Å². The van der Waals surface area contributed by atoms with E-state index in [2.05, 4.69) is 11.6 Å². The topological polar surface area (TPSA) is 90.1 Å². The van der Waals surface area contributed by atoms with E-state index in [1.54, 1.807) is 62.4 Å². The molecule has 1 aromatic heterocycles. The Morgan fingerprint density at radius 2 is 1.91 bits per heavy atom. The fourth-order valence-corrected chi connectivity index (χ4v) is 4.78. The Labute approximate surface area is 200 Å². The minimum Gasteiger partial charge on any atom is -0.508 e. The molecule has 0 fully saturated rings. The van der Waals surface area contributed by atoms with Crippen LogP contribution in [0.3, 0.4) is 0 Å². The number of aromatic hydroxyl groups is 1. The molecule has 0 unspecified atom stereocenters. The molecule has 0 saturated heterocycles. The first-order chi connectivity index (χ1) is 16.4. The molecule has 7 nitrogen and oxygen atoms in total. The van der Waals surface area contributed by atoms with E-state index >= 15 is 0 Å². The second-order valence-corrected chi connectivity index (χ2v) is 8.57. The number of hydrogen-bond donors (Lipinski definition) is 1. The van der Waals surface area contributed by atoms with Crippen molar-refractivity contribution in [3.8, 4) is 11.5 Å². The number of carbonyl (C=O) groups is 1. The van der Waals surface area contributed by atoms with E-state index in [1.807, 2.05) is 12.1 Å². The summed E-state index contributed by atoms with van der Waals surface area (Å²) in [6.45, 7) is 7.72. The van der Waals surface area contributed by atoms with Gasteiger partial charge in [0.05, 0.1) is 28.5 Å². The molecular weight excluding hydrogens is 452 g/mol. The summed E-state index contributed by atoms with van der Waals surface area (Å²) in [6.07, 6.45) is 3.40. The lowest BCUT2D eigenvalue weighted by Crippen LogP contribution is -2.39. The molecule has 0 saturated carbocycles. The Bertz CT molecular complexity index is 1430. The highest BCUT2D eigenvalue weighted by Gasteiger charge is 2.33. The van der Waals surface area contributed by atoms with Crippen molar-refractivity contribution in [2.75, 3.05) is 13.2 Å². The van der Waals surface area contributed by atoms with Gasteiger partial charge in [0.25, 0.3) is 5.56 Å². The number of allylic oxidation sites excluding steroid dienone is 1. The zero-order valence-electron chi connectivity index (χ0n) is 18.9. The first-order valence-electron chi connectivity index (χ1n) is 10.7. The van der Waals surface area contributed by atoms with Crippen LogP contribution in [-0.4, -0.2) is 28.9 Å². The van der Waals surface area contributed by atoms with E-state index in [1.165, 1.54) is 15.9 Å². The molecule has 0 aliphatic carbocycles. The van der Waals surface area contributed by atoms with Gasteiger partial charge in [0, 0.05) is 0 Å². The zero-order chi connectivity index (χ0) is 24.2. The summed E-state index contributed by atoms with van der Waals surface area (Å²) in [5.74, 6) is 0.296. The highest BCUT2D eigenvalue weighted by Crippen LogP contribution is 2.31. The summed E-state index contributed by atoms with van der Waals surface area (Å²) in [6, 6.07) is 13.1. The predicted octanol–water partition coefficient (Wildman–Crippen LogP) is 3.07. The lowest BCUT2D eigenvalue weighted by Gasteiger charge is -2.24. The van der Waals surface area contributed by atoms with Gasteiger partial charge in [0.1, 0.15) is 18.1 Å². The van der Waals surface area contributed by atoms with Gasteiger partial charge in [-0.25, -0.2) is 9.79 Å². The molecule has 34 heavy (non-hydrogen) atoms. The lowest BCUT2D eigenvalue weighted by molar-refractivity contribution is -0.139. The average molecular weight is 477 g/mol. The maximum atomic E-state index is 13.5. The Hall–Kier alpha value is -3.91. The third-order valence-electron chi connectivity index (χ3n) is 5.27. The summed E-state index contributed by atoms with van der Waals surface area (Å²) in [5.41, 5.74) is 2.08. The first kappa shape index (κ1) is 23.3. The quantitative estimate of drug-likeness (QED) is 0.418. The number of nitrogens with zero attached hydrogens (tertiary/aromatic N) is 2. The number of fused-ring (bicyclic) bond motifs is 1. The highest BCUT2D eigenvalue weighted by molar-refractivity contribution is 7.07. The maximum absolute atomic E-state index is 13.5. The Balaban J connectivity index is 1.88. The zero-order valence-corrected chi connectivity index (χ0v) is 19.7. The van der Waals surface area contributed by atoms with Crippen molar-refractivity contribution in [2.24, 2.45) is 4.99 Å². The van der Waals surface area contributed by atoms with E-state index in [0.717, 1.165) is 11.1 Å². The van der Waals surface area contributed by atoms with Gasteiger partial charge < -0.3 is 14.6 Å². The number of aromatic nitrogens is 1. The van der Waals surface area contributed by atoms with Crippen molar-refractivity contribution < 1.29 is 19.4 Å². The molecule has 1 aliphatic rings. The van der Waals surface area contributed by atoms with Gasteiger partial charge in [-0.15, -0.1) is 0 Å². The second kappa shape index (κ2) is 9.93. The number of rotatable bonds is 7. The molecular formula is C26H24N2O5S. The van der Waals surface area contributed by atoms with E-state index in [-0.39, 0.29) is 17.9 Å². The van der Waals surface area contributed by atoms with Crippen molar-refractivity contribution in [3.63, 3.8) is 0 Å². The number of ether oxygens (including phenoxy) is 2. The van der Waals surface area contributed by atoms with Crippen LogP contribution in [0.1, 0.15) is 31.0 Å². The molecule has 0 bridgehead atoms. The molecule has 1 aliphatic heterocycles. The minimum atomic E-state index is -0.689. The molecule has 174 valence electrons. The van der Waals surface area contributed by atoms with Gasteiger partial charge in [-0.3, -0.25) is 9.36 Å². The monoisotopic (exact) mass is 476 g/mol. The van der Waals surface area contributed by atoms with Gasteiger partial charge in [-0.05, 0) is 55.3 Å². The van der Waals surface area contributed by atoms with Crippen molar-refractivity contribution in [1.82, 2.24) is 4.57 Å². The van der Waals surface area contributed by atoms with Gasteiger partial charge in [0.15, 0.2) is 4.80 Å². The van der Waals surface area contributed by atoms with E-state index in [9.17, 15) is 14.7 Å². The lowest BCUT2D eigenvalue weighted by atomic mass is 9.96. The number of carbonyl (C=O) groups excluding carboxylic acids is 1. The minimum absolute atomic E-state index is 0.147. The van der Waals surface area contributed by atoms with Crippen LogP contribution < -0.4 is 19.6 Å². The van der Waals surface area contributed by atoms with Crippen molar-refractivity contribution in [3.05, 3.63) is 103 Å². The number of thiazole rings is 1. The second-order valence-electron chi connectivity index (χ2n) is 7.56. The van der Waals surface area contributed by atoms with E-state index in [0.29, 0.717) is 33.0 Å². The van der Waals surface area contributed by atoms with Crippen LogP contribution in [0.25, 0.3) is 6.08 Å². The van der Waals surface area contributed by atoms with Crippen LogP contribution in [0.15, 0.2) is 82.2 Å². The summed E-state index contributed by atoms with van der Waals surface area (Å²) >= 11 is 1.25. The van der Waals surface area contributed by atoms with Gasteiger partial charge >= 0.3 is 5.97 Å². The van der Waals surface area contributed by atoms with Gasteiger partial charge in [0.2, 0.25) is 0 Å². The number of phenols is 1. The molecule has 2 aromatic carbocycles. The molecule has 0 amide bonds. The molecule has 8 heteroatoms. The summed E-state index contributed by atoms with van der Waals surface area (Å²) in [7, 11) is 0. The predicted molar refractivity (Wildman–Crippen MR) is 131 cm³/mol. The molecule has 1 N–H and O–H groups in total. The molecule has 1 atom stereocenters. The largest absolute Gasteiger partial charge is 0.508 e. The van der Waals surface area contributed by atoms with Crippen molar-refractivity contribution >= 4 is 23.4 Å². The molecule has 4 rings (SSSR count). The normalized spacial score (nSPS) is 15.5. The molecule has 0 radical (unpaired) electrons. The first-order valence-corrected chi connectivity index (χ1v) is 11.6. The fourth-order valence-electron chi connectivity index (χ4n) is 3.73. The number of esters is 1. The fraction of sp³-hybridized carbons (Fsp3) is 0.192. The van der Waals surface area contributed by atoms with E-state index < -0.39 is 12.0 Å². The third kappa shape index (κ3) is 4.58. The van der Waals surface area contributed by atoms with Crippen LogP contribution in [0.4, 0.5) is 0 Å². The molecule has 3 aromatic rings. The molecule has 0 spiro atoms. The average Bonchev–Trinajstić information content (AvgIpc) is 3.13. The smallest absolute Gasteiger partial charge is 0.338 e. The molecule has 2 heterocycles. The van der Waals surface area contributed by atoms with Crippen molar-refractivity contribution in [1.29, 1.82) is 0 Å². The highest BCUT2D eigenvalue weighted by atomic mass is 32.1.